The molecule has 5 heteroatoms. The molecular formula is C35H27N3O2. The Balaban J connectivity index is 1.34. The molecule has 3 heterocycles. The number of rotatable bonds is 4. The Labute approximate surface area is 231 Å². The third-order valence-electron chi connectivity index (χ3n) is 7.83. The molecule has 1 amide bonds. The number of fused-ring (bicyclic) bond motifs is 2. The van der Waals surface area contributed by atoms with Gasteiger partial charge in [-0.05, 0) is 64.6 Å². The fourth-order valence-corrected chi connectivity index (χ4v) is 5.76. The molecule has 0 spiro atoms. The summed E-state index contributed by atoms with van der Waals surface area (Å²) < 4.78 is 0. The maximum Gasteiger partial charge on any atom is 0.257 e. The van der Waals surface area contributed by atoms with Gasteiger partial charge in [0, 0.05) is 41.3 Å². The molecule has 1 aliphatic rings. The summed E-state index contributed by atoms with van der Waals surface area (Å²) in [5.74, 6) is 0.0158. The number of pyridine rings is 1. The Morgan fingerprint density at radius 1 is 0.725 bits per heavy atom. The first-order valence-corrected chi connectivity index (χ1v) is 13.5. The van der Waals surface area contributed by atoms with E-state index in [1.54, 1.807) is 6.20 Å². The van der Waals surface area contributed by atoms with Crippen LogP contribution in [0, 0.1) is 0 Å². The Morgan fingerprint density at radius 3 is 2.25 bits per heavy atom. The first-order valence-electron chi connectivity index (χ1n) is 13.5. The average molecular weight is 522 g/mol. The molecule has 0 aliphatic carbocycles. The molecule has 2 N–H and O–H groups in total. The molecule has 0 bridgehead atoms. The van der Waals surface area contributed by atoms with Crippen molar-refractivity contribution in [2.75, 3.05) is 6.54 Å². The second kappa shape index (κ2) is 9.86. The van der Waals surface area contributed by atoms with E-state index in [9.17, 15) is 9.59 Å². The Morgan fingerprint density at radius 2 is 1.45 bits per heavy atom. The predicted octanol–water partition coefficient (Wildman–Crippen LogP) is 7.06. The van der Waals surface area contributed by atoms with Crippen LogP contribution in [0.2, 0.25) is 0 Å². The van der Waals surface area contributed by atoms with Crippen molar-refractivity contribution in [3.8, 4) is 33.5 Å². The van der Waals surface area contributed by atoms with Gasteiger partial charge in [-0.15, -0.1) is 0 Å². The van der Waals surface area contributed by atoms with E-state index < -0.39 is 0 Å². The molecule has 6 aromatic rings. The lowest BCUT2D eigenvalue weighted by molar-refractivity contribution is 0.0735. The third kappa shape index (κ3) is 4.22. The lowest BCUT2D eigenvalue weighted by Crippen LogP contribution is -2.35. The van der Waals surface area contributed by atoms with Crippen molar-refractivity contribution < 1.29 is 4.79 Å². The fraction of sp³-hybridized carbons (Fsp3) is 0.0857. The molecular weight excluding hydrogens is 494 g/mol. The minimum absolute atomic E-state index is 0.0158. The minimum atomic E-state index is -0.167. The first-order chi connectivity index (χ1) is 19.7. The molecule has 0 atom stereocenters. The summed E-state index contributed by atoms with van der Waals surface area (Å²) in [6.07, 6.45) is 2.49. The number of carbonyl (C=O) groups excluding carboxylic acids is 1. The first kappa shape index (κ1) is 23.9. The lowest BCUT2D eigenvalue weighted by Gasteiger charge is -2.29. The summed E-state index contributed by atoms with van der Waals surface area (Å²) in [6.45, 7) is 1.30. The van der Waals surface area contributed by atoms with Crippen LogP contribution in [0.25, 0.3) is 44.4 Å². The number of amides is 1. The van der Waals surface area contributed by atoms with Crippen LogP contribution in [0.4, 0.5) is 0 Å². The van der Waals surface area contributed by atoms with Gasteiger partial charge < -0.3 is 14.9 Å². The molecule has 7 rings (SSSR count). The van der Waals surface area contributed by atoms with Gasteiger partial charge in [0.1, 0.15) is 0 Å². The van der Waals surface area contributed by atoms with Gasteiger partial charge in [-0.1, -0.05) is 78.9 Å². The molecule has 4 aromatic carbocycles. The Bertz CT molecular complexity index is 1920. The number of aromatic amines is 2. The quantitative estimate of drug-likeness (QED) is 0.261. The summed E-state index contributed by atoms with van der Waals surface area (Å²) in [5.41, 5.74) is 9.30. The molecule has 1 aliphatic heterocycles. The van der Waals surface area contributed by atoms with Gasteiger partial charge in [0.15, 0.2) is 0 Å². The minimum Gasteiger partial charge on any atom is -0.354 e. The maximum absolute atomic E-state index is 13.7. The van der Waals surface area contributed by atoms with Gasteiger partial charge in [-0.3, -0.25) is 9.59 Å². The van der Waals surface area contributed by atoms with Gasteiger partial charge in [-0.25, -0.2) is 0 Å². The van der Waals surface area contributed by atoms with Gasteiger partial charge in [0.05, 0.1) is 11.3 Å². The average Bonchev–Trinajstić information content (AvgIpc) is 3.39. The summed E-state index contributed by atoms with van der Waals surface area (Å²) in [7, 11) is 0. The van der Waals surface area contributed by atoms with Crippen LogP contribution >= 0.6 is 0 Å². The van der Waals surface area contributed by atoms with Crippen LogP contribution in [0.5, 0.6) is 0 Å². The smallest absolute Gasteiger partial charge is 0.257 e. The standard InChI is InChI=1S/C35H27N3O2/c39-34-29(11-6-19-36-34)33-32(26-14-12-25(13-15-26)23-7-2-1-3-8-23)30-21-27(16-17-31(30)37-33)35(40)38-20-18-24-9-4-5-10-28(24)22-38/h1-17,19,21,37H,18,20,22H2,(H,36,39). The van der Waals surface area contributed by atoms with E-state index in [4.69, 9.17) is 0 Å². The van der Waals surface area contributed by atoms with Crippen molar-refractivity contribution in [3.63, 3.8) is 0 Å². The van der Waals surface area contributed by atoms with Crippen molar-refractivity contribution >= 4 is 16.8 Å². The van der Waals surface area contributed by atoms with Crippen LogP contribution in [0.15, 0.2) is 120 Å². The molecule has 0 fully saturated rings. The monoisotopic (exact) mass is 521 g/mol. The lowest BCUT2D eigenvalue weighted by atomic mass is 9.95. The predicted molar refractivity (Wildman–Crippen MR) is 160 cm³/mol. The van der Waals surface area contributed by atoms with Gasteiger partial charge in [-0.2, -0.15) is 0 Å². The molecule has 40 heavy (non-hydrogen) atoms. The highest BCUT2D eigenvalue weighted by Gasteiger charge is 2.23. The van der Waals surface area contributed by atoms with E-state index in [0.717, 1.165) is 45.3 Å². The van der Waals surface area contributed by atoms with Crippen molar-refractivity contribution in [2.45, 2.75) is 13.0 Å². The van der Waals surface area contributed by atoms with E-state index in [1.165, 1.54) is 11.1 Å². The van der Waals surface area contributed by atoms with Crippen molar-refractivity contribution in [3.05, 3.63) is 142 Å². The number of carbonyl (C=O) groups is 1. The molecule has 0 radical (unpaired) electrons. The van der Waals surface area contributed by atoms with E-state index in [0.29, 0.717) is 24.2 Å². The zero-order chi connectivity index (χ0) is 27.1. The fourth-order valence-electron chi connectivity index (χ4n) is 5.76. The van der Waals surface area contributed by atoms with Crippen LogP contribution in [-0.2, 0) is 13.0 Å². The van der Waals surface area contributed by atoms with Crippen molar-refractivity contribution in [1.29, 1.82) is 0 Å². The number of nitrogens with one attached hydrogen (secondary N) is 2. The summed E-state index contributed by atoms with van der Waals surface area (Å²) in [6, 6.07) is 36.4. The van der Waals surface area contributed by atoms with Crippen LogP contribution < -0.4 is 5.56 Å². The largest absolute Gasteiger partial charge is 0.354 e. The van der Waals surface area contributed by atoms with E-state index >= 15 is 0 Å². The van der Waals surface area contributed by atoms with Gasteiger partial charge in [0.25, 0.3) is 11.5 Å². The third-order valence-corrected chi connectivity index (χ3v) is 7.83. The Hall–Kier alpha value is -5.16. The molecule has 0 saturated heterocycles. The van der Waals surface area contributed by atoms with Crippen LogP contribution in [0.1, 0.15) is 21.5 Å². The SMILES string of the molecule is O=C(c1ccc2[nH]c(-c3ccc[nH]c3=O)c(-c3ccc(-c4ccccc4)cc3)c2c1)N1CCc2ccccc2C1. The highest BCUT2D eigenvalue weighted by Crippen LogP contribution is 2.38. The van der Waals surface area contributed by atoms with E-state index in [1.807, 2.05) is 59.5 Å². The summed E-state index contributed by atoms with van der Waals surface area (Å²) >= 11 is 0. The highest BCUT2D eigenvalue weighted by molar-refractivity contribution is 6.07. The van der Waals surface area contributed by atoms with Crippen LogP contribution in [-0.4, -0.2) is 27.3 Å². The van der Waals surface area contributed by atoms with Crippen LogP contribution in [0.3, 0.4) is 0 Å². The number of benzene rings is 4. The number of H-pyrrole nitrogens is 2. The normalized spacial score (nSPS) is 12.8. The zero-order valence-electron chi connectivity index (χ0n) is 21.9. The van der Waals surface area contributed by atoms with Crippen molar-refractivity contribution in [2.24, 2.45) is 0 Å². The molecule has 2 aromatic heterocycles. The Kier molecular flexibility index (Phi) is 5.90. The number of aromatic nitrogens is 2. The second-order valence-electron chi connectivity index (χ2n) is 10.2. The molecule has 0 saturated carbocycles. The van der Waals surface area contributed by atoms with Gasteiger partial charge >= 0.3 is 0 Å². The number of hydrogen-bond acceptors (Lipinski definition) is 2. The summed E-state index contributed by atoms with van der Waals surface area (Å²) in [4.78, 5) is 34.8. The molecule has 0 unspecified atom stereocenters. The molecule has 5 nitrogen and oxygen atoms in total. The van der Waals surface area contributed by atoms with Crippen molar-refractivity contribution in [1.82, 2.24) is 14.9 Å². The highest BCUT2D eigenvalue weighted by atomic mass is 16.2. The summed E-state index contributed by atoms with van der Waals surface area (Å²) in [5, 5.41) is 0.911. The second-order valence-corrected chi connectivity index (χ2v) is 10.2. The zero-order valence-corrected chi connectivity index (χ0v) is 21.9. The van der Waals surface area contributed by atoms with E-state index in [-0.39, 0.29) is 11.5 Å². The van der Waals surface area contributed by atoms with E-state index in [2.05, 4.69) is 64.6 Å². The van der Waals surface area contributed by atoms with Gasteiger partial charge in [0.2, 0.25) is 0 Å². The molecule has 194 valence electrons. The topological polar surface area (TPSA) is 69.0 Å². The number of hydrogen-bond donors (Lipinski definition) is 2. The number of nitrogens with zero attached hydrogens (tertiary/aromatic N) is 1. The maximum atomic E-state index is 13.7.